The smallest absolute Gasteiger partial charge is 0.366 e. The van der Waals surface area contributed by atoms with Crippen molar-refractivity contribution in [1.29, 1.82) is 0 Å². The van der Waals surface area contributed by atoms with Gasteiger partial charge in [0.1, 0.15) is 6.10 Å². The maximum absolute atomic E-state index is 11.7. The summed E-state index contributed by atoms with van der Waals surface area (Å²) in [6.45, 7) is 0. The number of benzene rings is 2. The first-order chi connectivity index (χ1) is 13.0. The molecule has 1 atom stereocenters. The van der Waals surface area contributed by atoms with Crippen LogP contribution in [0.15, 0.2) is 52.4 Å². The Bertz CT molecular complexity index is 1390. The van der Waals surface area contributed by atoms with E-state index < -0.39 is 37.3 Å². The lowest BCUT2D eigenvalue weighted by atomic mass is 10.0. The highest BCUT2D eigenvalue weighted by molar-refractivity contribution is 7.85. The number of hydrogen-bond acceptors (Lipinski definition) is 7. The molecule has 0 radical (unpaired) electrons. The Balaban J connectivity index is 2.00. The first-order valence-electron chi connectivity index (χ1n) is 7.69. The predicted molar refractivity (Wildman–Crippen MR) is 98.0 cm³/mol. The van der Waals surface area contributed by atoms with E-state index >= 15 is 0 Å². The van der Waals surface area contributed by atoms with Crippen molar-refractivity contribution in [2.45, 2.75) is 11.0 Å². The number of aromatic hydroxyl groups is 1. The van der Waals surface area contributed by atoms with Crippen molar-refractivity contribution >= 4 is 42.7 Å². The molecule has 10 nitrogen and oxygen atoms in total. The van der Waals surface area contributed by atoms with E-state index in [1.54, 1.807) is 6.07 Å². The van der Waals surface area contributed by atoms with Crippen LogP contribution in [0.25, 0.3) is 10.9 Å². The summed E-state index contributed by atoms with van der Waals surface area (Å²) in [5.41, 5.74) is -0.0860. The van der Waals surface area contributed by atoms with Gasteiger partial charge in [-0.2, -0.15) is 20.8 Å². The molecule has 1 aliphatic heterocycles. The van der Waals surface area contributed by atoms with Crippen LogP contribution in [-0.2, 0) is 20.4 Å². The fraction of sp³-hybridized carbons (Fsp3) is 0.0625. The number of para-hydroxylation sites is 1. The zero-order chi connectivity index (χ0) is 20.4. The van der Waals surface area contributed by atoms with Crippen LogP contribution in [0.4, 0.5) is 5.69 Å². The Morgan fingerprint density at radius 2 is 1.68 bits per heavy atom. The molecular formula is C16H12N2O8S2. The molecule has 1 aliphatic rings. The van der Waals surface area contributed by atoms with Gasteiger partial charge in [-0.3, -0.25) is 9.11 Å². The van der Waals surface area contributed by atoms with Gasteiger partial charge in [-0.25, -0.2) is 4.99 Å². The quantitative estimate of drug-likeness (QED) is 0.458. The van der Waals surface area contributed by atoms with Crippen LogP contribution >= 0.6 is 0 Å². The van der Waals surface area contributed by atoms with Gasteiger partial charge in [0.25, 0.3) is 10.1 Å². The fourth-order valence-electron chi connectivity index (χ4n) is 3.23. The predicted octanol–water partition coefficient (Wildman–Crippen LogP) is 1.41. The number of nitrogens with zero attached hydrogens (tertiary/aromatic N) is 2. The van der Waals surface area contributed by atoms with Crippen molar-refractivity contribution in [3.8, 4) is 5.88 Å². The molecule has 0 saturated carbocycles. The summed E-state index contributed by atoms with van der Waals surface area (Å²) in [5.74, 6) is -0.857. The monoisotopic (exact) mass is 424 g/mol. The molecule has 0 fully saturated rings. The third-order valence-electron chi connectivity index (χ3n) is 4.39. The van der Waals surface area contributed by atoms with Crippen LogP contribution < -0.4 is 0 Å². The molecule has 2 heterocycles. The largest absolute Gasteiger partial charge is 0.493 e. The summed E-state index contributed by atoms with van der Waals surface area (Å²) in [7, 11) is -9.36. The second-order valence-electron chi connectivity index (χ2n) is 6.05. The van der Waals surface area contributed by atoms with Gasteiger partial charge in [0.15, 0.2) is 0 Å². The van der Waals surface area contributed by atoms with Gasteiger partial charge in [-0.1, -0.05) is 24.3 Å². The van der Waals surface area contributed by atoms with Crippen molar-refractivity contribution in [1.82, 2.24) is 3.97 Å². The van der Waals surface area contributed by atoms with E-state index in [-0.39, 0.29) is 33.4 Å². The summed E-state index contributed by atoms with van der Waals surface area (Å²) in [5, 5.41) is 21.3. The molecule has 2 aromatic carbocycles. The number of rotatable bonds is 3. The molecule has 146 valence electrons. The highest BCUT2D eigenvalue weighted by Gasteiger charge is 2.34. The summed E-state index contributed by atoms with van der Waals surface area (Å²) < 4.78 is 65.0. The maximum Gasteiger partial charge on any atom is 0.366 e. The summed E-state index contributed by atoms with van der Waals surface area (Å²) >= 11 is 0. The lowest BCUT2D eigenvalue weighted by molar-refractivity contribution is 0.251. The Hall–Kier alpha value is -2.77. The number of fused-ring (bicyclic) bond motifs is 2. The fourth-order valence-corrected chi connectivity index (χ4v) is 4.45. The molecule has 0 aliphatic carbocycles. The van der Waals surface area contributed by atoms with E-state index in [4.69, 9.17) is 0 Å². The van der Waals surface area contributed by atoms with Gasteiger partial charge < -0.3 is 10.2 Å². The average Bonchev–Trinajstić information content (AvgIpc) is 3.07. The van der Waals surface area contributed by atoms with Crippen LogP contribution in [0.5, 0.6) is 5.88 Å². The molecule has 1 unspecified atom stereocenters. The van der Waals surface area contributed by atoms with Gasteiger partial charge in [0, 0.05) is 10.9 Å². The number of aliphatic hydroxyl groups is 1. The topological polar surface area (TPSA) is 166 Å². The summed E-state index contributed by atoms with van der Waals surface area (Å²) in [6.07, 6.45) is -1.41. The molecule has 0 bridgehead atoms. The standard InChI is InChI=1S/C16H12N2O8S2/c19-15-9-6-5-8(27(21,22)23)7-11(9)17-14(15)13-10-3-1-2-4-12(10)18(16(13)20)28(24,25)26/h1-7,15,19-20H,(H,21,22,23)(H,24,25,26). The van der Waals surface area contributed by atoms with Gasteiger partial charge >= 0.3 is 10.3 Å². The minimum atomic E-state index is -4.86. The SMILES string of the molecule is O=S(=O)(O)c1ccc2c(c1)N=C(c1c(O)n(S(=O)(=O)O)c3ccccc13)C2O. The minimum absolute atomic E-state index is 0.0284. The van der Waals surface area contributed by atoms with Crippen LogP contribution in [0.2, 0.25) is 0 Å². The third-order valence-corrected chi connectivity index (χ3v) is 6.07. The molecular weight excluding hydrogens is 412 g/mol. The second-order valence-corrected chi connectivity index (χ2v) is 8.74. The number of aliphatic imine (C=N–C) groups is 1. The van der Waals surface area contributed by atoms with Crippen molar-refractivity contribution in [2.24, 2.45) is 4.99 Å². The second kappa shape index (κ2) is 5.86. The number of aliphatic hydroxyl groups excluding tert-OH is 1. The molecule has 0 spiro atoms. The highest BCUT2D eigenvalue weighted by atomic mass is 32.2. The molecule has 1 aromatic heterocycles. The molecule has 28 heavy (non-hydrogen) atoms. The lowest BCUT2D eigenvalue weighted by Crippen LogP contribution is -2.12. The van der Waals surface area contributed by atoms with Crippen LogP contribution in [-0.4, -0.2) is 45.8 Å². The van der Waals surface area contributed by atoms with Gasteiger partial charge in [0.2, 0.25) is 5.88 Å². The van der Waals surface area contributed by atoms with E-state index in [0.717, 1.165) is 12.1 Å². The lowest BCUT2D eigenvalue weighted by Gasteiger charge is -2.08. The zero-order valence-electron chi connectivity index (χ0n) is 13.8. The number of aromatic nitrogens is 1. The summed E-state index contributed by atoms with van der Waals surface area (Å²) in [4.78, 5) is 3.69. The van der Waals surface area contributed by atoms with Crippen molar-refractivity contribution in [3.63, 3.8) is 0 Å². The zero-order valence-corrected chi connectivity index (χ0v) is 15.4. The van der Waals surface area contributed by atoms with E-state index in [1.165, 1.54) is 24.3 Å². The van der Waals surface area contributed by atoms with Gasteiger partial charge in [0.05, 0.1) is 27.4 Å². The molecule has 4 N–H and O–H groups in total. The van der Waals surface area contributed by atoms with Crippen molar-refractivity contribution < 1.29 is 36.2 Å². The molecule has 3 aromatic rings. The Morgan fingerprint density at radius 3 is 2.32 bits per heavy atom. The van der Waals surface area contributed by atoms with E-state index in [0.29, 0.717) is 3.97 Å². The van der Waals surface area contributed by atoms with Gasteiger partial charge in [-0.15, -0.1) is 0 Å². The van der Waals surface area contributed by atoms with Crippen LogP contribution in [0.1, 0.15) is 17.2 Å². The first kappa shape index (κ1) is 18.6. The molecule has 0 amide bonds. The van der Waals surface area contributed by atoms with E-state index in [9.17, 15) is 36.2 Å². The maximum atomic E-state index is 11.7. The third kappa shape index (κ3) is 2.70. The first-order valence-corrected chi connectivity index (χ1v) is 10.5. The average molecular weight is 424 g/mol. The van der Waals surface area contributed by atoms with E-state index in [1.807, 2.05) is 0 Å². The van der Waals surface area contributed by atoms with Crippen LogP contribution in [0, 0.1) is 0 Å². The van der Waals surface area contributed by atoms with Crippen molar-refractivity contribution in [3.05, 3.63) is 53.6 Å². The minimum Gasteiger partial charge on any atom is -0.493 e. The highest BCUT2D eigenvalue weighted by Crippen LogP contribution is 2.42. The normalized spacial score (nSPS) is 17.0. The Kier molecular flexibility index (Phi) is 3.89. The molecule has 0 saturated heterocycles. The van der Waals surface area contributed by atoms with Crippen LogP contribution in [0.3, 0.4) is 0 Å². The van der Waals surface area contributed by atoms with E-state index in [2.05, 4.69) is 4.99 Å². The molecule has 12 heteroatoms. The van der Waals surface area contributed by atoms with Gasteiger partial charge in [-0.05, 0) is 18.2 Å². The van der Waals surface area contributed by atoms with Crippen molar-refractivity contribution in [2.75, 3.05) is 0 Å². The summed E-state index contributed by atoms with van der Waals surface area (Å²) in [6, 6.07) is 9.24. The molecule has 4 rings (SSSR count). The Labute approximate surface area is 158 Å². The number of hydrogen-bond donors (Lipinski definition) is 4. The Morgan fingerprint density at radius 1 is 1.00 bits per heavy atom.